The molecule has 28 heteroatoms. The number of hydrogen-bond donors (Lipinski definition) is 10. The van der Waals surface area contributed by atoms with Crippen LogP contribution in [0.3, 0.4) is 0 Å². The molecule has 2 bridgehead atoms. The fourth-order valence-electron chi connectivity index (χ4n) is 13.5. The number of Topliss-reactive ketones (excluding diaryl/α,β-unsaturated/α-hetero) is 1. The Morgan fingerprint density at radius 2 is 1.45 bits per heavy atom. The van der Waals surface area contributed by atoms with Crippen LogP contribution in [0.2, 0.25) is 0 Å². The van der Waals surface area contributed by atoms with E-state index in [0.717, 1.165) is 16.7 Å². The maximum atomic E-state index is 15.5. The fourth-order valence-corrected chi connectivity index (χ4v) is 15.4. The third-order valence-corrected chi connectivity index (χ3v) is 21.3. The van der Waals surface area contributed by atoms with Crippen molar-refractivity contribution in [3.05, 3.63) is 136 Å². The number of nitrogens with zero attached hydrogens (tertiary/aromatic N) is 2. The summed E-state index contributed by atoms with van der Waals surface area (Å²) < 4.78 is 41.0. The van der Waals surface area contributed by atoms with Crippen molar-refractivity contribution in [3.8, 4) is 11.5 Å². The van der Waals surface area contributed by atoms with Crippen LogP contribution in [0.15, 0.2) is 91.1 Å². The zero-order chi connectivity index (χ0) is 72.7. The number of methoxy groups -OCH3 is 2. The predicted molar refractivity (Wildman–Crippen MR) is 380 cm³/mol. The highest BCUT2D eigenvalue weighted by Gasteiger charge is 2.49. The number of amides is 9. The zero-order valence-electron chi connectivity index (χ0n) is 57.5. The van der Waals surface area contributed by atoms with Crippen LogP contribution in [0.4, 0.5) is 8.78 Å². The van der Waals surface area contributed by atoms with Gasteiger partial charge in [0.1, 0.15) is 64.9 Å². The van der Waals surface area contributed by atoms with Gasteiger partial charge in [0.25, 0.3) is 0 Å². The summed E-state index contributed by atoms with van der Waals surface area (Å²) in [7, 11) is 3.01. The molecule has 2 saturated heterocycles. The number of halogens is 2. The van der Waals surface area contributed by atoms with Crippen LogP contribution in [-0.4, -0.2) is 178 Å². The molecule has 9 amide bonds. The van der Waals surface area contributed by atoms with E-state index in [9.17, 15) is 43.1 Å². The number of allylic oxidation sites excluding steroid dienone is 1. The summed E-state index contributed by atoms with van der Waals surface area (Å²) in [6, 6.07) is 11.2. The number of carbonyl (C=O) groups is 10. The van der Waals surface area contributed by atoms with Crippen molar-refractivity contribution in [2.45, 2.75) is 170 Å². The van der Waals surface area contributed by atoms with Crippen molar-refractivity contribution >= 4 is 98.9 Å². The van der Waals surface area contributed by atoms with E-state index < -0.39 is 137 Å². The number of ketones is 1. The number of unbranched alkanes of at least 4 members (excludes halogenated alkanes) is 1. The second-order valence-electron chi connectivity index (χ2n) is 26.5. The summed E-state index contributed by atoms with van der Waals surface area (Å²) in [5, 5.41) is 28.5. The van der Waals surface area contributed by atoms with E-state index in [1.54, 1.807) is 49.5 Å². The number of aromatic nitrogens is 1. The first-order valence-corrected chi connectivity index (χ1v) is 36.5. The summed E-state index contributed by atoms with van der Waals surface area (Å²) in [5.74, 6) is -7.41. The van der Waals surface area contributed by atoms with Crippen LogP contribution < -0.4 is 52.8 Å². The first kappa shape index (κ1) is 76.3. The molecule has 12 N–H and O–H groups in total. The molecule has 9 rings (SSSR count). The fraction of sp³-hybridized carbons (Fsp3) is 0.479. The van der Waals surface area contributed by atoms with Crippen LogP contribution >= 0.6 is 23.5 Å². The number of aromatic amines is 1. The van der Waals surface area contributed by atoms with Gasteiger partial charge in [-0.1, -0.05) is 30.3 Å². The molecule has 0 unspecified atom stereocenters. The Kier molecular flexibility index (Phi) is 26.6. The molecule has 4 aliphatic rings. The smallest absolute Gasteiger partial charge is 0.246 e. The second kappa shape index (κ2) is 35.2. The Balaban J connectivity index is 1.05. The molecule has 4 aromatic carbocycles. The van der Waals surface area contributed by atoms with Gasteiger partial charge in [0.05, 0.1) is 26.4 Å². The Hall–Kier alpha value is -8.86. The Labute approximate surface area is 594 Å². The number of nitrogens with one attached hydrogen (secondary N) is 7. The van der Waals surface area contributed by atoms with E-state index in [1.807, 2.05) is 18.2 Å². The summed E-state index contributed by atoms with van der Waals surface area (Å²) in [5.41, 5.74) is 15.2. The van der Waals surface area contributed by atoms with Crippen LogP contribution in [-0.2, 0) is 78.7 Å². The van der Waals surface area contributed by atoms with Crippen molar-refractivity contribution in [2.75, 3.05) is 45.4 Å². The molecule has 10 atom stereocenters. The number of carbonyl (C=O) groups excluding carboxylic acids is 10. The van der Waals surface area contributed by atoms with Gasteiger partial charge in [-0.3, -0.25) is 47.9 Å². The lowest BCUT2D eigenvalue weighted by atomic mass is 9.90. The molecule has 5 aromatic rings. The SMILES string of the molecule is COc1ccc(C[C@@H]2NC(=O)[C@H]([C@@H](C)O)NC(=O)[C@@H]3CCCN3C(=O)[C@H](CC3=CCc4ccc(F)cc43)NC(=O)[C@H](Cc3c[nH]c4ccc(F)cc34)CC(=O)[C@@H](C)NC(=O)[C@H](CCCCN)NC(=O)CCSCc3cc(cc(OC)c3)CSC[C@@H](C(N)=O)NC(=O)[C@]3(C)CCCN3C2=O)cc1. The van der Waals surface area contributed by atoms with Gasteiger partial charge in [0.15, 0.2) is 5.78 Å². The predicted octanol–water partition coefficient (Wildman–Crippen LogP) is 4.72. The minimum absolute atomic E-state index is 0.0185. The minimum atomic E-state index is -1.74. The number of H-pyrrole nitrogens is 1. The standard InChI is InChI=1S/C73H91F2N11O13S2/c1-41-62(88)34-48(32-49-37-78-56-21-18-51(75)36-55(49)56)66(91)81-59(33-47-15-14-46-16-17-50(74)35-54(46)47)70(95)85-25-8-11-61(85)68(93)84-64(42(2)87)69(94)82-58(31-43-12-19-52(98-4)20-13-43)71(96)86-26-9-23-73(86,3)72(97)83-60(65(77)90)40-101-39-45-28-44(29-53(30-45)99-5)38-100-27-22-63(89)80-57(67(92)79-41)10-6-7-24-76/h12-13,15-21,28-30,35-37,41-42,48,57-61,64,78,87H,6-11,14,22-27,31-34,38-40,76H2,1-5H3,(H2,77,90)(H,79,92)(H,80,89)(H,81,91)(H,82,94)(H,83,97)(H,84,93)/t41-,42-,48-,57+,58+,59+,60+,61+,64+,73+/m1/s1. The number of nitrogens with two attached hydrogens (primary N) is 2. The third kappa shape index (κ3) is 19.6. The van der Waals surface area contributed by atoms with Gasteiger partial charge >= 0.3 is 0 Å². The molecule has 3 aliphatic heterocycles. The lowest BCUT2D eigenvalue weighted by molar-refractivity contribution is -0.147. The minimum Gasteiger partial charge on any atom is -0.497 e. The van der Waals surface area contributed by atoms with Gasteiger partial charge in [0.2, 0.25) is 53.2 Å². The molecule has 24 nitrogen and oxygen atoms in total. The maximum Gasteiger partial charge on any atom is 0.246 e. The van der Waals surface area contributed by atoms with Gasteiger partial charge in [-0.15, -0.1) is 0 Å². The molecule has 0 saturated carbocycles. The molecule has 542 valence electrons. The maximum absolute atomic E-state index is 15.5. The van der Waals surface area contributed by atoms with Gasteiger partial charge in [-0.25, -0.2) is 8.78 Å². The van der Waals surface area contributed by atoms with Crippen LogP contribution in [0, 0.1) is 17.6 Å². The van der Waals surface area contributed by atoms with Crippen molar-refractivity contribution in [2.24, 2.45) is 17.4 Å². The quantitative estimate of drug-likeness (QED) is 0.0673. The molecular weight excluding hydrogens is 1340 g/mol. The van der Waals surface area contributed by atoms with Crippen molar-refractivity contribution in [3.63, 3.8) is 0 Å². The summed E-state index contributed by atoms with van der Waals surface area (Å²) in [4.78, 5) is 152. The van der Waals surface area contributed by atoms with Crippen molar-refractivity contribution in [1.29, 1.82) is 0 Å². The van der Waals surface area contributed by atoms with Crippen molar-refractivity contribution < 1.29 is 71.3 Å². The average Bonchev–Trinajstić information content (AvgIpc) is 1.69. The van der Waals surface area contributed by atoms with E-state index in [2.05, 4.69) is 36.9 Å². The molecule has 1 aliphatic carbocycles. The third-order valence-electron chi connectivity index (χ3n) is 19.2. The highest BCUT2D eigenvalue weighted by molar-refractivity contribution is 7.98. The van der Waals surface area contributed by atoms with E-state index >= 15 is 18.8 Å². The number of hydrogen-bond acceptors (Lipinski definition) is 16. The van der Waals surface area contributed by atoms with E-state index in [0.29, 0.717) is 94.2 Å². The van der Waals surface area contributed by atoms with E-state index in [-0.39, 0.29) is 70.2 Å². The van der Waals surface area contributed by atoms with E-state index in [4.69, 9.17) is 20.9 Å². The van der Waals surface area contributed by atoms with E-state index in [1.165, 1.54) is 91.7 Å². The van der Waals surface area contributed by atoms with Gasteiger partial charge < -0.3 is 72.7 Å². The largest absolute Gasteiger partial charge is 0.497 e. The normalized spacial score (nSPS) is 24.9. The monoisotopic (exact) mass is 1430 g/mol. The number of benzene rings is 4. The number of aliphatic hydroxyl groups excluding tert-OH is 1. The number of thioether (sulfide) groups is 2. The lowest BCUT2D eigenvalue weighted by Gasteiger charge is -2.37. The average molecular weight is 1430 g/mol. The molecule has 4 heterocycles. The molecular formula is C73H91F2N11O13S2. The summed E-state index contributed by atoms with van der Waals surface area (Å²) in [6.07, 6.45) is 3.14. The van der Waals surface area contributed by atoms with Crippen LogP contribution in [0.25, 0.3) is 16.5 Å². The molecule has 0 spiro atoms. The lowest BCUT2D eigenvalue weighted by Crippen LogP contribution is -2.64. The molecule has 2 fully saturated rings. The number of fused-ring (bicyclic) bond motifs is 6. The molecule has 0 radical (unpaired) electrons. The Bertz CT molecular complexity index is 3910. The molecule has 1 aromatic heterocycles. The van der Waals surface area contributed by atoms with Gasteiger partial charge in [0, 0.05) is 84.8 Å². The zero-order valence-corrected chi connectivity index (χ0v) is 59.1. The number of rotatable bonds is 14. The highest BCUT2D eigenvalue weighted by atomic mass is 32.2. The number of ether oxygens (including phenoxy) is 2. The highest BCUT2D eigenvalue weighted by Crippen LogP contribution is 2.35. The second-order valence-corrected chi connectivity index (χ2v) is 28.7. The van der Waals surface area contributed by atoms with Crippen molar-refractivity contribution in [1.82, 2.24) is 46.7 Å². The first-order valence-electron chi connectivity index (χ1n) is 34.2. The summed E-state index contributed by atoms with van der Waals surface area (Å²) >= 11 is 2.78. The number of primary amides is 1. The molecule has 101 heavy (non-hydrogen) atoms. The van der Waals surface area contributed by atoms with Gasteiger partial charge in [-0.2, -0.15) is 23.5 Å². The summed E-state index contributed by atoms with van der Waals surface area (Å²) in [6.45, 7) is 4.65. The Morgan fingerprint density at radius 1 is 0.743 bits per heavy atom. The van der Waals surface area contributed by atoms with Gasteiger partial charge in [-0.05, 0) is 179 Å². The first-order chi connectivity index (χ1) is 48.4. The van der Waals surface area contributed by atoms with Crippen LogP contribution in [0.1, 0.15) is 118 Å². The Morgan fingerprint density at radius 3 is 2.16 bits per heavy atom. The van der Waals surface area contributed by atoms with Crippen LogP contribution in [0.5, 0.6) is 11.5 Å². The topological polar surface area (TPSA) is 356 Å². The number of aliphatic hydroxyl groups is 1.